The van der Waals surface area contributed by atoms with Gasteiger partial charge in [0.25, 0.3) is 0 Å². The van der Waals surface area contributed by atoms with E-state index in [4.69, 9.17) is 5.73 Å². The molecule has 6 heteroatoms. The maximum absolute atomic E-state index is 14.5. The van der Waals surface area contributed by atoms with E-state index in [-0.39, 0.29) is 31.2 Å². The Hall–Kier alpha value is -3.67. The standard InChI is InChI=1S/C30H34FN3O2/c1-20(2)21-12-14-24(15-13-21)29(23-9-4-3-5-10-23)33-30(36)27-18-25(31)19-34(27)28(35)17-16-22-8-6-7-11-26(22)32/h3-15,20,25,27,29H,16-19,32H2,1-2H3,(H,33,36)/t25-,27+,29+/m1/s1. The highest BCUT2D eigenvalue weighted by Crippen LogP contribution is 2.27. The predicted molar refractivity (Wildman–Crippen MR) is 141 cm³/mol. The summed E-state index contributed by atoms with van der Waals surface area (Å²) < 4.78 is 14.5. The summed E-state index contributed by atoms with van der Waals surface area (Å²) in [5.41, 5.74) is 10.6. The first kappa shape index (κ1) is 25.4. The normalized spacial score (nSPS) is 18.3. The van der Waals surface area contributed by atoms with Crippen molar-refractivity contribution < 1.29 is 14.0 Å². The number of alkyl halides is 1. The number of rotatable bonds is 8. The van der Waals surface area contributed by atoms with Gasteiger partial charge in [0.1, 0.15) is 12.2 Å². The highest BCUT2D eigenvalue weighted by molar-refractivity contribution is 5.89. The number of aryl methyl sites for hydroxylation is 1. The molecule has 3 N–H and O–H groups in total. The Bertz CT molecular complexity index is 1180. The first-order valence-electron chi connectivity index (χ1n) is 12.6. The third kappa shape index (κ3) is 5.93. The molecule has 188 valence electrons. The minimum Gasteiger partial charge on any atom is -0.399 e. The van der Waals surface area contributed by atoms with Gasteiger partial charge in [-0.15, -0.1) is 0 Å². The molecule has 1 heterocycles. The number of benzene rings is 3. The number of nitrogens with two attached hydrogens (primary N) is 1. The van der Waals surface area contributed by atoms with Gasteiger partial charge in [0.05, 0.1) is 12.6 Å². The van der Waals surface area contributed by atoms with Crippen molar-refractivity contribution in [2.45, 2.75) is 57.3 Å². The summed E-state index contributed by atoms with van der Waals surface area (Å²) >= 11 is 0. The summed E-state index contributed by atoms with van der Waals surface area (Å²) in [7, 11) is 0. The van der Waals surface area contributed by atoms with E-state index < -0.39 is 18.3 Å². The van der Waals surface area contributed by atoms with Gasteiger partial charge in [-0.05, 0) is 40.7 Å². The lowest BCUT2D eigenvalue weighted by Gasteiger charge is -2.27. The Morgan fingerprint density at radius 2 is 1.56 bits per heavy atom. The van der Waals surface area contributed by atoms with Crippen LogP contribution in [0, 0.1) is 0 Å². The van der Waals surface area contributed by atoms with Gasteiger partial charge in [0.2, 0.25) is 11.8 Å². The number of hydrogen-bond donors (Lipinski definition) is 2. The van der Waals surface area contributed by atoms with Gasteiger partial charge < -0.3 is 16.0 Å². The summed E-state index contributed by atoms with van der Waals surface area (Å²) in [6, 6.07) is 24.0. The monoisotopic (exact) mass is 487 g/mol. The zero-order valence-corrected chi connectivity index (χ0v) is 20.9. The lowest BCUT2D eigenvalue weighted by molar-refractivity contribution is -0.138. The van der Waals surface area contributed by atoms with Crippen LogP contribution in [0.25, 0.3) is 0 Å². The molecule has 0 unspecified atom stereocenters. The number of hydrogen-bond acceptors (Lipinski definition) is 3. The molecule has 1 aliphatic rings. The largest absolute Gasteiger partial charge is 0.399 e. The van der Waals surface area contributed by atoms with Crippen LogP contribution in [0.15, 0.2) is 78.9 Å². The molecule has 3 atom stereocenters. The molecular formula is C30H34FN3O2. The van der Waals surface area contributed by atoms with Crippen LogP contribution in [-0.2, 0) is 16.0 Å². The first-order valence-corrected chi connectivity index (χ1v) is 12.6. The average Bonchev–Trinajstić information content (AvgIpc) is 3.29. The maximum Gasteiger partial charge on any atom is 0.243 e. The minimum absolute atomic E-state index is 0.00114. The molecule has 3 aromatic carbocycles. The fourth-order valence-corrected chi connectivity index (χ4v) is 4.77. The van der Waals surface area contributed by atoms with Crippen molar-refractivity contribution >= 4 is 17.5 Å². The second-order valence-electron chi connectivity index (χ2n) is 9.77. The lowest BCUT2D eigenvalue weighted by Crippen LogP contribution is -2.47. The Kier molecular flexibility index (Phi) is 8.04. The van der Waals surface area contributed by atoms with E-state index in [1.54, 1.807) is 6.07 Å². The number of anilines is 1. The topological polar surface area (TPSA) is 75.4 Å². The molecule has 0 aromatic heterocycles. The molecule has 1 saturated heterocycles. The Morgan fingerprint density at radius 3 is 2.22 bits per heavy atom. The van der Waals surface area contributed by atoms with E-state index >= 15 is 0 Å². The van der Waals surface area contributed by atoms with Crippen molar-refractivity contribution in [2.24, 2.45) is 0 Å². The highest BCUT2D eigenvalue weighted by atomic mass is 19.1. The number of carbonyl (C=O) groups excluding carboxylic acids is 2. The predicted octanol–water partition coefficient (Wildman–Crippen LogP) is 5.17. The van der Waals surface area contributed by atoms with Crippen LogP contribution in [0.3, 0.4) is 0 Å². The Morgan fingerprint density at radius 1 is 0.944 bits per heavy atom. The highest BCUT2D eigenvalue weighted by Gasteiger charge is 2.40. The number of amides is 2. The summed E-state index contributed by atoms with van der Waals surface area (Å²) in [5.74, 6) is -0.185. The van der Waals surface area contributed by atoms with Gasteiger partial charge in [0.15, 0.2) is 0 Å². The van der Waals surface area contributed by atoms with E-state index in [0.717, 1.165) is 16.7 Å². The third-order valence-electron chi connectivity index (χ3n) is 6.89. The quantitative estimate of drug-likeness (QED) is 0.431. The van der Waals surface area contributed by atoms with E-state index in [2.05, 4.69) is 31.3 Å². The summed E-state index contributed by atoms with van der Waals surface area (Å²) in [4.78, 5) is 27.9. The van der Waals surface area contributed by atoms with Crippen molar-refractivity contribution in [1.29, 1.82) is 0 Å². The minimum atomic E-state index is -1.23. The van der Waals surface area contributed by atoms with Crippen molar-refractivity contribution in [3.05, 3.63) is 101 Å². The molecule has 0 bridgehead atoms. The molecule has 4 rings (SSSR count). The fourth-order valence-electron chi connectivity index (χ4n) is 4.77. The van der Waals surface area contributed by atoms with Gasteiger partial charge in [-0.3, -0.25) is 9.59 Å². The van der Waals surface area contributed by atoms with Crippen molar-refractivity contribution in [3.63, 3.8) is 0 Å². The zero-order valence-electron chi connectivity index (χ0n) is 20.9. The molecule has 0 aliphatic carbocycles. The molecule has 3 aromatic rings. The van der Waals surface area contributed by atoms with Crippen LogP contribution < -0.4 is 11.1 Å². The number of nitrogen functional groups attached to an aromatic ring is 1. The van der Waals surface area contributed by atoms with E-state index in [0.29, 0.717) is 18.0 Å². The van der Waals surface area contributed by atoms with Crippen molar-refractivity contribution in [1.82, 2.24) is 10.2 Å². The van der Waals surface area contributed by atoms with Crippen LogP contribution >= 0.6 is 0 Å². The van der Waals surface area contributed by atoms with Crippen LogP contribution in [0.4, 0.5) is 10.1 Å². The molecular weight excluding hydrogens is 453 g/mol. The van der Waals surface area contributed by atoms with Crippen LogP contribution in [0.5, 0.6) is 0 Å². The van der Waals surface area contributed by atoms with Crippen LogP contribution in [-0.4, -0.2) is 35.5 Å². The average molecular weight is 488 g/mol. The van der Waals surface area contributed by atoms with Gasteiger partial charge in [-0.1, -0.05) is 86.6 Å². The number of nitrogens with one attached hydrogen (secondary N) is 1. The number of likely N-dealkylation sites (tertiary alicyclic amines) is 1. The third-order valence-corrected chi connectivity index (χ3v) is 6.89. The first-order chi connectivity index (χ1) is 17.3. The second-order valence-corrected chi connectivity index (χ2v) is 9.77. The molecule has 0 radical (unpaired) electrons. The molecule has 36 heavy (non-hydrogen) atoms. The maximum atomic E-state index is 14.5. The smallest absolute Gasteiger partial charge is 0.243 e. The van der Waals surface area contributed by atoms with Gasteiger partial charge >= 0.3 is 0 Å². The number of carbonyl (C=O) groups is 2. The molecule has 1 fully saturated rings. The molecule has 2 amide bonds. The van der Waals surface area contributed by atoms with Crippen molar-refractivity contribution in [2.75, 3.05) is 12.3 Å². The van der Waals surface area contributed by atoms with E-state index in [1.165, 1.54) is 10.5 Å². The van der Waals surface area contributed by atoms with Crippen LogP contribution in [0.1, 0.15) is 60.9 Å². The van der Waals surface area contributed by atoms with Gasteiger partial charge in [-0.25, -0.2) is 4.39 Å². The van der Waals surface area contributed by atoms with E-state index in [9.17, 15) is 14.0 Å². The SMILES string of the molecule is CC(C)c1ccc([C@@H](NC(=O)[C@@H]2C[C@@H](F)CN2C(=O)CCc2ccccc2N)c2ccccc2)cc1. The molecule has 0 saturated carbocycles. The lowest BCUT2D eigenvalue weighted by atomic mass is 9.95. The number of halogens is 1. The summed E-state index contributed by atoms with van der Waals surface area (Å²) in [6.45, 7) is 4.20. The number of nitrogens with zero attached hydrogens (tertiary/aromatic N) is 1. The van der Waals surface area contributed by atoms with Crippen LogP contribution in [0.2, 0.25) is 0 Å². The zero-order chi connectivity index (χ0) is 25.7. The van der Waals surface area contributed by atoms with Gasteiger partial charge in [-0.2, -0.15) is 0 Å². The van der Waals surface area contributed by atoms with Crippen molar-refractivity contribution in [3.8, 4) is 0 Å². The summed E-state index contributed by atoms with van der Waals surface area (Å²) in [5, 5.41) is 3.11. The van der Waals surface area contributed by atoms with E-state index in [1.807, 2.05) is 60.7 Å². The fraction of sp³-hybridized carbons (Fsp3) is 0.333. The Labute approximate surface area is 212 Å². The molecule has 5 nitrogen and oxygen atoms in total. The second kappa shape index (κ2) is 11.4. The molecule has 0 spiro atoms. The Balaban J connectivity index is 1.51. The summed E-state index contributed by atoms with van der Waals surface area (Å²) in [6.07, 6.45) is -0.614. The molecule has 1 aliphatic heterocycles. The van der Waals surface area contributed by atoms with Gasteiger partial charge in [0, 0.05) is 18.5 Å². The number of para-hydroxylation sites is 1.